The fourth-order valence-corrected chi connectivity index (χ4v) is 2.87. The highest BCUT2D eigenvalue weighted by molar-refractivity contribution is 6.19. The molecule has 0 aromatic carbocycles. The molecule has 0 spiro atoms. The van der Waals surface area contributed by atoms with Crippen LogP contribution in [0.4, 0.5) is 0 Å². The van der Waals surface area contributed by atoms with Gasteiger partial charge in [-0.25, -0.2) is 0 Å². The number of aromatic nitrogens is 1. The van der Waals surface area contributed by atoms with E-state index in [-0.39, 0.29) is 11.4 Å². The molecule has 0 saturated heterocycles. The van der Waals surface area contributed by atoms with E-state index in [4.69, 9.17) is 11.6 Å². The Morgan fingerprint density at radius 2 is 2.59 bits per heavy atom. The van der Waals surface area contributed by atoms with E-state index in [2.05, 4.69) is 21.9 Å². The van der Waals surface area contributed by atoms with Crippen LogP contribution in [0.3, 0.4) is 0 Å². The second kappa shape index (κ2) is 5.08. The zero-order chi connectivity index (χ0) is 12.3. The molecule has 1 N–H and O–H groups in total. The number of alkyl halides is 1. The molecule has 0 bridgehead atoms. The second-order valence-corrected chi connectivity index (χ2v) is 5.22. The highest BCUT2D eigenvalue weighted by Crippen LogP contribution is 2.33. The molecule has 1 fully saturated rings. The summed E-state index contributed by atoms with van der Waals surface area (Å²) in [6.07, 6.45) is 5.57. The number of nitrogens with one attached hydrogen (secondary N) is 1. The molecule has 1 aromatic heterocycles. The van der Waals surface area contributed by atoms with Crippen molar-refractivity contribution in [3.63, 3.8) is 0 Å². The van der Waals surface area contributed by atoms with Gasteiger partial charge < -0.3 is 9.84 Å². The van der Waals surface area contributed by atoms with Crippen LogP contribution in [0.15, 0.2) is 16.9 Å². The average Bonchev–Trinajstić information content (AvgIpc) is 2.82. The SMILES string of the molecule is CC1CCCC(CCl)(NC(=O)c2ccon2)C1. The minimum absolute atomic E-state index is 0.200. The second-order valence-electron chi connectivity index (χ2n) is 4.95. The Morgan fingerprint density at radius 3 is 3.18 bits per heavy atom. The van der Waals surface area contributed by atoms with Crippen LogP contribution in [0.2, 0.25) is 0 Å². The number of carbonyl (C=O) groups is 1. The minimum Gasteiger partial charge on any atom is -0.364 e. The lowest BCUT2D eigenvalue weighted by Crippen LogP contribution is -2.52. The highest BCUT2D eigenvalue weighted by Gasteiger charge is 2.36. The standard InChI is InChI=1S/C12H17ClN2O2/c1-9-3-2-5-12(7-9,8-13)14-11(16)10-4-6-17-15-10/h4,6,9H,2-3,5,7-8H2,1H3,(H,14,16). The average molecular weight is 257 g/mol. The van der Waals surface area contributed by atoms with Crippen molar-refractivity contribution in [3.8, 4) is 0 Å². The largest absolute Gasteiger partial charge is 0.364 e. The van der Waals surface area contributed by atoms with Crippen LogP contribution in [0, 0.1) is 5.92 Å². The van der Waals surface area contributed by atoms with E-state index in [0.29, 0.717) is 17.5 Å². The molecule has 2 rings (SSSR count). The normalized spacial score (nSPS) is 28.9. The van der Waals surface area contributed by atoms with E-state index in [1.165, 1.54) is 12.7 Å². The molecule has 4 nitrogen and oxygen atoms in total. The van der Waals surface area contributed by atoms with Gasteiger partial charge in [-0.3, -0.25) is 4.79 Å². The summed E-state index contributed by atoms with van der Waals surface area (Å²) in [6, 6.07) is 1.56. The lowest BCUT2D eigenvalue weighted by atomic mass is 9.77. The van der Waals surface area contributed by atoms with Gasteiger partial charge in [0.05, 0.1) is 5.54 Å². The Morgan fingerprint density at radius 1 is 1.76 bits per heavy atom. The monoisotopic (exact) mass is 256 g/mol. The number of amides is 1. The number of halogens is 1. The van der Waals surface area contributed by atoms with Crippen molar-refractivity contribution in [2.45, 2.75) is 38.1 Å². The summed E-state index contributed by atoms with van der Waals surface area (Å²) in [4.78, 5) is 12.0. The zero-order valence-electron chi connectivity index (χ0n) is 9.91. The summed E-state index contributed by atoms with van der Waals surface area (Å²) in [5.41, 5.74) is 0.0302. The maximum Gasteiger partial charge on any atom is 0.273 e. The fraction of sp³-hybridized carbons (Fsp3) is 0.667. The Balaban J connectivity index is 2.06. The molecule has 0 aliphatic heterocycles. The van der Waals surface area contributed by atoms with Crippen molar-refractivity contribution < 1.29 is 9.32 Å². The molecule has 1 amide bonds. The number of hydrogen-bond acceptors (Lipinski definition) is 3. The number of nitrogens with zero attached hydrogens (tertiary/aromatic N) is 1. The minimum atomic E-state index is -0.282. The van der Waals surface area contributed by atoms with Crippen molar-refractivity contribution >= 4 is 17.5 Å². The van der Waals surface area contributed by atoms with E-state index in [9.17, 15) is 4.79 Å². The van der Waals surface area contributed by atoms with Crippen molar-refractivity contribution in [2.24, 2.45) is 5.92 Å². The van der Waals surface area contributed by atoms with E-state index in [1.807, 2.05) is 0 Å². The molecule has 5 heteroatoms. The molecule has 1 heterocycles. The molecule has 1 aromatic rings. The molecule has 1 aliphatic rings. The first-order chi connectivity index (χ1) is 8.15. The van der Waals surface area contributed by atoms with Crippen LogP contribution < -0.4 is 5.32 Å². The van der Waals surface area contributed by atoms with Gasteiger partial charge in [-0.15, -0.1) is 11.6 Å². The quantitative estimate of drug-likeness (QED) is 0.846. The van der Waals surface area contributed by atoms with Gasteiger partial charge in [-0.05, 0) is 18.8 Å². The third-order valence-corrected chi connectivity index (χ3v) is 3.91. The molecule has 1 aliphatic carbocycles. The first-order valence-corrected chi connectivity index (χ1v) is 6.47. The fourth-order valence-electron chi connectivity index (χ4n) is 2.56. The molecule has 17 heavy (non-hydrogen) atoms. The van der Waals surface area contributed by atoms with Gasteiger partial charge in [-0.1, -0.05) is 24.9 Å². The maximum atomic E-state index is 12.0. The predicted molar refractivity (Wildman–Crippen MR) is 65.1 cm³/mol. The molecule has 1 saturated carbocycles. The number of hydrogen-bond donors (Lipinski definition) is 1. The lowest BCUT2D eigenvalue weighted by Gasteiger charge is -2.39. The van der Waals surface area contributed by atoms with Crippen LogP contribution in [0.25, 0.3) is 0 Å². The van der Waals surface area contributed by atoms with E-state index < -0.39 is 0 Å². The van der Waals surface area contributed by atoms with Crippen molar-refractivity contribution in [1.82, 2.24) is 10.5 Å². The Bertz CT molecular complexity index is 380. The van der Waals surface area contributed by atoms with Gasteiger partial charge in [-0.2, -0.15) is 0 Å². The summed E-state index contributed by atoms with van der Waals surface area (Å²) in [5, 5.41) is 6.66. The molecule has 0 radical (unpaired) electrons. The Labute approximate surface area is 106 Å². The van der Waals surface area contributed by atoms with Gasteiger partial charge in [0.1, 0.15) is 6.26 Å². The van der Waals surface area contributed by atoms with Gasteiger partial charge in [0.2, 0.25) is 0 Å². The predicted octanol–water partition coefficient (Wildman–Crippen LogP) is 2.59. The zero-order valence-corrected chi connectivity index (χ0v) is 10.7. The van der Waals surface area contributed by atoms with Gasteiger partial charge >= 0.3 is 0 Å². The van der Waals surface area contributed by atoms with Crippen LogP contribution >= 0.6 is 11.6 Å². The van der Waals surface area contributed by atoms with Crippen LogP contribution in [-0.4, -0.2) is 22.5 Å². The maximum absolute atomic E-state index is 12.0. The van der Waals surface area contributed by atoms with Crippen LogP contribution in [0.5, 0.6) is 0 Å². The van der Waals surface area contributed by atoms with Gasteiger partial charge in [0.15, 0.2) is 5.69 Å². The third-order valence-electron chi connectivity index (χ3n) is 3.40. The van der Waals surface area contributed by atoms with Crippen LogP contribution in [0.1, 0.15) is 43.1 Å². The molecule has 2 atom stereocenters. The highest BCUT2D eigenvalue weighted by atomic mass is 35.5. The lowest BCUT2D eigenvalue weighted by molar-refractivity contribution is 0.0858. The van der Waals surface area contributed by atoms with E-state index in [1.54, 1.807) is 6.07 Å². The summed E-state index contributed by atoms with van der Waals surface area (Å²) in [5.74, 6) is 0.842. The third kappa shape index (κ3) is 2.80. The molecule has 2 unspecified atom stereocenters. The van der Waals surface area contributed by atoms with Gasteiger partial charge in [0.25, 0.3) is 5.91 Å². The smallest absolute Gasteiger partial charge is 0.273 e. The van der Waals surface area contributed by atoms with E-state index >= 15 is 0 Å². The van der Waals surface area contributed by atoms with Crippen LogP contribution in [-0.2, 0) is 0 Å². The van der Waals surface area contributed by atoms with Crippen molar-refractivity contribution in [1.29, 1.82) is 0 Å². The topological polar surface area (TPSA) is 55.1 Å². The Hall–Kier alpha value is -1.03. The molecule has 94 valence electrons. The number of rotatable bonds is 3. The summed E-state index contributed by atoms with van der Waals surface area (Å²) in [6.45, 7) is 2.20. The van der Waals surface area contributed by atoms with Gasteiger partial charge in [0, 0.05) is 11.9 Å². The summed E-state index contributed by atoms with van der Waals surface area (Å²) in [7, 11) is 0. The van der Waals surface area contributed by atoms with E-state index in [0.717, 1.165) is 19.3 Å². The Kier molecular flexibility index (Phi) is 3.72. The summed E-state index contributed by atoms with van der Waals surface area (Å²) >= 11 is 6.05. The molecular weight excluding hydrogens is 240 g/mol. The van der Waals surface area contributed by atoms with Crippen molar-refractivity contribution in [2.75, 3.05) is 5.88 Å². The number of carbonyl (C=O) groups excluding carboxylic acids is 1. The molecular formula is C12H17ClN2O2. The summed E-state index contributed by atoms with van der Waals surface area (Å²) < 4.78 is 4.67. The first kappa shape index (κ1) is 12.4. The first-order valence-electron chi connectivity index (χ1n) is 5.94. The van der Waals surface area contributed by atoms with Crippen molar-refractivity contribution in [3.05, 3.63) is 18.0 Å².